The first kappa shape index (κ1) is 30.4. The number of hydrogen-bond donors (Lipinski definition) is 1. The molecule has 0 saturated carbocycles. The third-order valence-corrected chi connectivity index (χ3v) is 6.29. The molecule has 4 aromatic rings. The summed E-state index contributed by atoms with van der Waals surface area (Å²) in [6, 6.07) is 18.1. The van der Waals surface area contributed by atoms with Gasteiger partial charge in [-0.15, -0.1) is 5.10 Å². The summed E-state index contributed by atoms with van der Waals surface area (Å²) in [5.41, 5.74) is 0.263. The molecule has 0 unspecified atom stereocenters. The average molecular weight is 581 g/mol. The molecule has 0 aliphatic carbocycles. The molecular formula is C30H33FN4O7. The number of fused-ring (bicyclic) bond motifs is 1. The van der Waals surface area contributed by atoms with E-state index in [1.54, 1.807) is 39.0 Å². The molecule has 0 fully saturated rings. The van der Waals surface area contributed by atoms with Crippen LogP contribution in [-0.4, -0.2) is 63.2 Å². The Kier molecular flexibility index (Phi) is 9.38. The van der Waals surface area contributed by atoms with E-state index in [1.165, 1.54) is 13.2 Å². The van der Waals surface area contributed by atoms with Crippen molar-refractivity contribution in [2.45, 2.75) is 39.0 Å². The predicted octanol–water partition coefficient (Wildman–Crippen LogP) is 5.49. The smallest absolute Gasteiger partial charge is 0.435 e. The second-order valence-electron chi connectivity index (χ2n) is 10.6. The van der Waals surface area contributed by atoms with Crippen molar-refractivity contribution in [1.82, 2.24) is 14.7 Å². The van der Waals surface area contributed by atoms with Crippen LogP contribution in [0.3, 0.4) is 0 Å². The number of hydrogen-bond acceptors (Lipinski definition) is 9. The van der Waals surface area contributed by atoms with Gasteiger partial charge in [-0.05, 0) is 50.1 Å². The summed E-state index contributed by atoms with van der Waals surface area (Å²) in [4.78, 5) is 25.1. The molecule has 11 nitrogen and oxygen atoms in total. The highest BCUT2D eigenvalue weighted by Gasteiger charge is 2.23. The van der Waals surface area contributed by atoms with E-state index in [0.29, 0.717) is 29.7 Å². The van der Waals surface area contributed by atoms with Crippen LogP contribution in [0.2, 0.25) is 0 Å². The Morgan fingerprint density at radius 2 is 1.88 bits per heavy atom. The minimum Gasteiger partial charge on any atom is -0.492 e. The fourth-order valence-electron chi connectivity index (χ4n) is 4.35. The Hall–Kier alpha value is -4.55. The zero-order valence-corrected chi connectivity index (χ0v) is 23.8. The number of nitro groups is 1. The first-order valence-electron chi connectivity index (χ1n) is 13.3. The van der Waals surface area contributed by atoms with Gasteiger partial charge in [-0.1, -0.05) is 36.4 Å². The van der Waals surface area contributed by atoms with Crippen LogP contribution in [0.4, 0.5) is 14.9 Å². The van der Waals surface area contributed by atoms with Crippen LogP contribution in [0.5, 0.6) is 11.6 Å². The van der Waals surface area contributed by atoms with Gasteiger partial charge in [0.1, 0.15) is 18.0 Å². The Morgan fingerprint density at radius 1 is 1.14 bits per heavy atom. The minimum absolute atomic E-state index is 0.114. The van der Waals surface area contributed by atoms with Crippen molar-refractivity contribution in [3.8, 4) is 11.6 Å². The van der Waals surface area contributed by atoms with Crippen molar-refractivity contribution in [2.75, 3.05) is 26.8 Å². The van der Waals surface area contributed by atoms with Gasteiger partial charge in [-0.3, -0.25) is 15.0 Å². The molecule has 0 radical (unpaired) electrons. The highest BCUT2D eigenvalue weighted by molar-refractivity contribution is 5.92. The largest absolute Gasteiger partial charge is 0.492 e. The third kappa shape index (κ3) is 7.59. The van der Waals surface area contributed by atoms with Crippen LogP contribution in [0.1, 0.15) is 38.0 Å². The van der Waals surface area contributed by atoms with Crippen molar-refractivity contribution in [3.63, 3.8) is 0 Å². The number of methoxy groups -OCH3 is 1. The summed E-state index contributed by atoms with van der Waals surface area (Å²) >= 11 is 0. The lowest BCUT2D eigenvalue weighted by Crippen LogP contribution is -2.32. The fraction of sp³-hybridized carbons (Fsp3) is 0.333. The highest BCUT2D eigenvalue weighted by Crippen LogP contribution is 2.29. The summed E-state index contributed by atoms with van der Waals surface area (Å²) in [5, 5.41) is 26.9. The molecule has 12 heteroatoms. The Bertz CT molecular complexity index is 1550. The quantitative estimate of drug-likeness (QED) is 0.181. The maximum Gasteiger partial charge on any atom is 0.435 e. The van der Waals surface area contributed by atoms with Crippen LogP contribution in [0, 0.1) is 15.9 Å². The summed E-state index contributed by atoms with van der Waals surface area (Å²) in [5.74, 6) is -0.219. The molecule has 0 bridgehead atoms. The molecule has 1 heterocycles. The van der Waals surface area contributed by atoms with Gasteiger partial charge in [0.15, 0.2) is 0 Å². The number of carbonyl (C=O) groups excluding carboxylic acids is 1. The lowest BCUT2D eigenvalue weighted by molar-refractivity contribution is -0.387. The number of ether oxygens (including phenoxy) is 3. The molecule has 0 spiro atoms. The number of carbonyl (C=O) groups is 1. The second-order valence-corrected chi connectivity index (χ2v) is 10.6. The van der Waals surface area contributed by atoms with Crippen molar-refractivity contribution in [2.24, 2.45) is 0 Å². The first-order chi connectivity index (χ1) is 19.9. The number of rotatable bonds is 11. The zero-order valence-electron chi connectivity index (χ0n) is 23.8. The first-order valence-corrected chi connectivity index (χ1v) is 13.3. The van der Waals surface area contributed by atoms with Gasteiger partial charge < -0.3 is 19.3 Å². The molecule has 1 atom stereocenters. The number of aliphatic hydroxyl groups is 1. The predicted molar refractivity (Wildman–Crippen MR) is 153 cm³/mol. The summed E-state index contributed by atoms with van der Waals surface area (Å²) in [6.45, 7) is 6.45. The molecule has 0 saturated heterocycles. The monoisotopic (exact) mass is 580 g/mol. The Morgan fingerprint density at radius 3 is 2.55 bits per heavy atom. The molecule has 3 aromatic carbocycles. The van der Waals surface area contributed by atoms with Crippen molar-refractivity contribution < 1.29 is 33.4 Å². The molecule has 42 heavy (non-hydrogen) atoms. The normalized spacial score (nSPS) is 12.4. The molecule has 0 aliphatic heterocycles. The summed E-state index contributed by atoms with van der Waals surface area (Å²) < 4.78 is 31.8. The van der Waals surface area contributed by atoms with Gasteiger partial charge in [-0.2, -0.15) is 9.07 Å². The highest BCUT2D eigenvalue weighted by atomic mass is 19.1. The van der Waals surface area contributed by atoms with Crippen molar-refractivity contribution >= 4 is 22.7 Å². The maximum absolute atomic E-state index is 13.8. The average Bonchev–Trinajstić information content (AvgIpc) is 3.31. The number of benzene rings is 3. The lowest BCUT2D eigenvalue weighted by Gasteiger charge is -2.25. The van der Waals surface area contributed by atoms with E-state index in [9.17, 15) is 24.4 Å². The SMILES string of the molecule is COc1nn(C(=O)OC(C)(C)C)c2cc(OCCN(Cc3ccccc3)C[C@H](O)c3ccc(F)c([N+](=O)[O-])c3)ccc12. The maximum atomic E-state index is 13.8. The number of nitro benzene ring substituents is 1. The lowest BCUT2D eigenvalue weighted by atomic mass is 10.1. The second kappa shape index (κ2) is 13.0. The summed E-state index contributed by atoms with van der Waals surface area (Å²) in [7, 11) is 1.46. The minimum atomic E-state index is -1.11. The third-order valence-electron chi connectivity index (χ3n) is 6.29. The van der Waals surface area contributed by atoms with Crippen LogP contribution >= 0.6 is 0 Å². The van der Waals surface area contributed by atoms with Crippen LogP contribution in [-0.2, 0) is 11.3 Å². The van der Waals surface area contributed by atoms with Gasteiger partial charge in [0.05, 0.1) is 29.0 Å². The molecule has 0 aliphatic rings. The molecule has 222 valence electrons. The topological polar surface area (TPSA) is 129 Å². The molecular weight excluding hydrogens is 547 g/mol. The van der Waals surface area contributed by atoms with E-state index in [-0.39, 0.29) is 24.6 Å². The van der Waals surface area contributed by atoms with Gasteiger partial charge in [-0.25, -0.2) is 4.79 Å². The standard InChI is InChI=1S/C30H33FN4O7/c1-30(2,3)42-29(37)34-25-17-22(11-12-23(25)28(32-34)40-4)41-15-14-33(18-20-8-6-5-7-9-20)19-27(36)21-10-13-24(31)26(16-21)35(38)39/h5-13,16-17,27,36H,14-15,18-19H2,1-4H3/t27-/m0/s1. The number of aromatic nitrogens is 2. The molecule has 1 aromatic heterocycles. The van der Waals surface area contributed by atoms with E-state index in [1.807, 2.05) is 35.2 Å². The van der Waals surface area contributed by atoms with E-state index in [4.69, 9.17) is 14.2 Å². The summed E-state index contributed by atoms with van der Waals surface area (Å²) in [6.07, 6.45) is -1.77. The Labute approximate surface area is 242 Å². The molecule has 0 amide bonds. The van der Waals surface area contributed by atoms with Gasteiger partial charge in [0.2, 0.25) is 11.7 Å². The molecule has 4 rings (SSSR count). The number of aliphatic hydroxyl groups excluding tert-OH is 1. The number of nitrogens with zero attached hydrogens (tertiary/aromatic N) is 4. The fourth-order valence-corrected chi connectivity index (χ4v) is 4.35. The van der Waals surface area contributed by atoms with Gasteiger partial charge in [0.25, 0.3) is 0 Å². The molecule has 1 N–H and O–H groups in total. The number of halogens is 1. The zero-order chi connectivity index (χ0) is 30.4. The van der Waals surface area contributed by atoms with E-state index in [0.717, 1.165) is 22.4 Å². The van der Waals surface area contributed by atoms with E-state index >= 15 is 0 Å². The Balaban J connectivity index is 1.50. The van der Waals surface area contributed by atoms with E-state index in [2.05, 4.69) is 5.10 Å². The van der Waals surface area contributed by atoms with Crippen LogP contribution in [0.25, 0.3) is 10.9 Å². The van der Waals surface area contributed by atoms with Crippen LogP contribution in [0.15, 0.2) is 66.7 Å². The van der Waals surface area contributed by atoms with E-state index < -0.39 is 34.2 Å². The van der Waals surface area contributed by atoms with Crippen molar-refractivity contribution in [3.05, 3.63) is 93.8 Å². The van der Waals surface area contributed by atoms with Crippen LogP contribution < -0.4 is 9.47 Å². The van der Waals surface area contributed by atoms with Crippen molar-refractivity contribution in [1.29, 1.82) is 0 Å². The van der Waals surface area contributed by atoms with Gasteiger partial charge >= 0.3 is 11.8 Å². The van der Waals surface area contributed by atoms with Gasteiger partial charge in [0, 0.05) is 31.8 Å².